The minimum Gasteiger partial charge on any atom is -0.466 e. The number of benzene rings is 1. The average Bonchev–Trinajstić information content (AvgIpc) is 3.04. The summed E-state index contributed by atoms with van der Waals surface area (Å²) in [5.41, 5.74) is 2.25. The third-order valence-electron chi connectivity index (χ3n) is 5.41. The monoisotopic (exact) mass is 372 g/mol. The number of ether oxygens (including phenoxy) is 1. The fourth-order valence-corrected chi connectivity index (χ4v) is 3.89. The molecule has 2 fully saturated rings. The standard InChI is InChI=1S/C21H28N2O4/c1-3-27-21(26)17-5-4-10-22(13-17)20(25)18-11-19(24)23(14-18)12-16-8-6-15(2)7-9-16/h6-9,17-18H,3-5,10-14H2,1-2H3. The number of esters is 1. The van der Waals surface area contributed by atoms with Crippen molar-refractivity contribution in [1.82, 2.24) is 9.80 Å². The molecule has 2 amide bonds. The van der Waals surface area contributed by atoms with Crippen LogP contribution in [0.15, 0.2) is 24.3 Å². The van der Waals surface area contributed by atoms with E-state index in [4.69, 9.17) is 4.74 Å². The van der Waals surface area contributed by atoms with Crippen LogP contribution in [0, 0.1) is 18.8 Å². The Bertz CT molecular complexity index is 701. The molecule has 0 bridgehead atoms. The van der Waals surface area contributed by atoms with Crippen molar-refractivity contribution in [2.45, 2.75) is 39.7 Å². The molecule has 27 heavy (non-hydrogen) atoms. The maximum atomic E-state index is 12.9. The first-order chi connectivity index (χ1) is 13.0. The van der Waals surface area contributed by atoms with Crippen molar-refractivity contribution in [3.63, 3.8) is 0 Å². The summed E-state index contributed by atoms with van der Waals surface area (Å²) in [7, 11) is 0. The van der Waals surface area contributed by atoms with Crippen LogP contribution in [0.4, 0.5) is 0 Å². The number of carbonyl (C=O) groups is 3. The molecule has 0 radical (unpaired) electrons. The molecule has 0 aliphatic carbocycles. The van der Waals surface area contributed by atoms with Crippen molar-refractivity contribution < 1.29 is 19.1 Å². The maximum Gasteiger partial charge on any atom is 0.310 e. The predicted molar refractivity (Wildman–Crippen MR) is 101 cm³/mol. The van der Waals surface area contributed by atoms with Crippen LogP contribution in [-0.4, -0.2) is 53.8 Å². The predicted octanol–water partition coefficient (Wildman–Crippen LogP) is 2.15. The van der Waals surface area contributed by atoms with Crippen molar-refractivity contribution in [1.29, 1.82) is 0 Å². The van der Waals surface area contributed by atoms with Crippen LogP contribution in [0.3, 0.4) is 0 Å². The molecule has 1 aromatic rings. The molecule has 6 heteroatoms. The van der Waals surface area contributed by atoms with Gasteiger partial charge in [0.05, 0.1) is 18.4 Å². The zero-order valence-electron chi connectivity index (χ0n) is 16.1. The van der Waals surface area contributed by atoms with Crippen molar-refractivity contribution in [3.05, 3.63) is 35.4 Å². The number of carbonyl (C=O) groups excluding carboxylic acids is 3. The van der Waals surface area contributed by atoms with Crippen molar-refractivity contribution in [2.75, 3.05) is 26.2 Å². The highest BCUT2D eigenvalue weighted by Gasteiger charge is 2.38. The molecule has 0 spiro atoms. The Morgan fingerprint density at radius 3 is 2.59 bits per heavy atom. The Morgan fingerprint density at radius 1 is 1.15 bits per heavy atom. The molecule has 3 rings (SSSR count). The van der Waals surface area contributed by atoms with E-state index in [-0.39, 0.29) is 36.0 Å². The van der Waals surface area contributed by atoms with E-state index >= 15 is 0 Å². The highest BCUT2D eigenvalue weighted by molar-refractivity contribution is 5.89. The van der Waals surface area contributed by atoms with Crippen LogP contribution >= 0.6 is 0 Å². The Labute approximate surface area is 160 Å². The second kappa shape index (κ2) is 8.55. The molecule has 0 aromatic heterocycles. The van der Waals surface area contributed by atoms with Crippen LogP contribution in [0.2, 0.25) is 0 Å². The number of hydrogen-bond acceptors (Lipinski definition) is 4. The van der Waals surface area contributed by atoms with E-state index in [1.165, 1.54) is 5.56 Å². The van der Waals surface area contributed by atoms with Gasteiger partial charge in [-0.15, -0.1) is 0 Å². The molecular weight excluding hydrogens is 344 g/mol. The van der Waals surface area contributed by atoms with Gasteiger partial charge < -0.3 is 14.5 Å². The van der Waals surface area contributed by atoms with Gasteiger partial charge in [0.1, 0.15) is 0 Å². The lowest BCUT2D eigenvalue weighted by atomic mass is 9.96. The van der Waals surface area contributed by atoms with E-state index in [0.29, 0.717) is 32.8 Å². The summed E-state index contributed by atoms with van der Waals surface area (Å²) in [5.74, 6) is -0.776. The fraction of sp³-hybridized carbons (Fsp3) is 0.571. The SMILES string of the molecule is CCOC(=O)C1CCCN(C(=O)C2CC(=O)N(Cc3ccc(C)cc3)C2)C1. The van der Waals surface area contributed by atoms with Gasteiger partial charge >= 0.3 is 5.97 Å². The molecule has 1 aromatic carbocycles. The Hall–Kier alpha value is -2.37. The first-order valence-electron chi connectivity index (χ1n) is 9.76. The van der Waals surface area contributed by atoms with E-state index < -0.39 is 0 Å². The number of amides is 2. The zero-order valence-corrected chi connectivity index (χ0v) is 16.1. The summed E-state index contributed by atoms with van der Waals surface area (Å²) in [6, 6.07) is 8.10. The quantitative estimate of drug-likeness (QED) is 0.743. The van der Waals surface area contributed by atoms with E-state index in [1.807, 2.05) is 31.2 Å². The fourth-order valence-electron chi connectivity index (χ4n) is 3.89. The number of hydrogen-bond donors (Lipinski definition) is 0. The summed E-state index contributed by atoms with van der Waals surface area (Å²) < 4.78 is 5.10. The van der Waals surface area contributed by atoms with Gasteiger partial charge in [-0.3, -0.25) is 14.4 Å². The average molecular weight is 372 g/mol. The molecule has 2 heterocycles. The minimum atomic E-state index is -0.316. The number of aryl methyl sites for hydroxylation is 1. The highest BCUT2D eigenvalue weighted by Crippen LogP contribution is 2.25. The molecule has 6 nitrogen and oxygen atoms in total. The number of nitrogens with zero attached hydrogens (tertiary/aromatic N) is 2. The minimum absolute atomic E-state index is 0.0104. The van der Waals surface area contributed by atoms with Gasteiger partial charge in [-0.2, -0.15) is 0 Å². The van der Waals surface area contributed by atoms with Gasteiger partial charge in [-0.05, 0) is 32.3 Å². The van der Waals surface area contributed by atoms with Crippen LogP contribution in [0.1, 0.15) is 37.3 Å². The number of piperidine rings is 1. The van der Waals surface area contributed by atoms with E-state index in [0.717, 1.165) is 18.4 Å². The smallest absolute Gasteiger partial charge is 0.310 e. The normalized spacial score (nSPS) is 22.8. The highest BCUT2D eigenvalue weighted by atomic mass is 16.5. The third-order valence-corrected chi connectivity index (χ3v) is 5.41. The largest absolute Gasteiger partial charge is 0.466 e. The molecular formula is C21H28N2O4. The van der Waals surface area contributed by atoms with Crippen molar-refractivity contribution >= 4 is 17.8 Å². The Balaban J connectivity index is 1.58. The topological polar surface area (TPSA) is 66.9 Å². The van der Waals surface area contributed by atoms with E-state index in [9.17, 15) is 14.4 Å². The first-order valence-corrected chi connectivity index (χ1v) is 9.76. The van der Waals surface area contributed by atoms with Gasteiger partial charge in [0.25, 0.3) is 0 Å². The van der Waals surface area contributed by atoms with Crippen LogP contribution < -0.4 is 0 Å². The molecule has 2 atom stereocenters. The lowest BCUT2D eigenvalue weighted by Crippen LogP contribution is -2.45. The molecule has 0 N–H and O–H groups in total. The molecule has 0 saturated carbocycles. The molecule has 2 aliphatic rings. The summed E-state index contributed by atoms with van der Waals surface area (Å²) in [6.45, 7) is 6.21. The van der Waals surface area contributed by atoms with Crippen LogP contribution in [0.5, 0.6) is 0 Å². The number of likely N-dealkylation sites (tertiary alicyclic amines) is 2. The summed E-state index contributed by atoms with van der Waals surface area (Å²) >= 11 is 0. The van der Waals surface area contributed by atoms with Gasteiger partial charge in [0, 0.05) is 32.6 Å². The van der Waals surface area contributed by atoms with Gasteiger partial charge in [-0.25, -0.2) is 0 Å². The van der Waals surface area contributed by atoms with Crippen molar-refractivity contribution in [2.24, 2.45) is 11.8 Å². The molecule has 2 unspecified atom stereocenters. The summed E-state index contributed by atoms with van der Waals surface area (Å²) in [4.78, 5) is 40.8. The summed E-state index contributed by atoms with van der Waals surface area (Å²) in [6.07, 6.45) is 1.81. The maximum absolute atomic E-state index is 12.9. The van der Waals surface area contributed by atoms with Crippen molar-refractivity contribution in [3.8, 4) is 0 Å². The molecule has 146 valence electrons. The van der Waals surface area contributed by atoms with Crippen LogP contribution in [0.25, 0.3) is 0 Å². The lowest BCUT2D eigenvalue weighted by Gasteiger charge is -2.33. The second-order valence-corrected chi connectivity index (χ2v) is 7.54. The molecule has 2 aliphatic heterocycles. The van der Waals surface area contributed by atoms with E-state index in [1.54, 1.807) is 16.7 Å². The third kappa shape index (κ3) is 4.67. The Kier molecular flexibility index (Phi) is 6.14. The summed E-state index contributed by atoms with van der Waals surface area (Å²) in [5, 5.41) is 0. The second-order valence-electron chi connectivity index (χ2n) is 7.54. The molecule has 2 saturated heterocycles. The van der Waals surface area contributed by atoms with Gasteiger partial charge in [0.2, 0.25) is 11.8 Å². The zero-order chi connectivity index (χ0) is 19.4. The first kappa shape index (κ1) is 19.4. The Morgan fingerprint density at radius 2 is 1.89 bits per heavy atom. The van der Waals surface area contributed by atoms with Gasteiger partial charge in [0.15, 0.2) is 0 Å². The number of rotatable bonds is 5. The lowest BCUT2D eigenvalue weighted by molar-refractivity contribution is -0.152. The van der Waals surface area contributed by atoms with Crippen LogP contribution in [-0.2, 0) is 25.7 Å². The van der Waals surface area contributed by atoms with E-state index in [2.05, 4.69) is 0 Å². The van der Waals surface area contributed by atoms with Gasteiger partial charge in [-0.1, -0.05) is 29.8 Å².